The quantitative estimate of drug-likeness (QED) is 0.484. The van der Waals surface area contributed by atoms with Gasteiger partial charge in [0.15, 0.2) is 17.3 Å². The zero-order valence-electron chi connectivity index (χ0n) is 19.3. The molecule has 0 amide bonds. The third kappa shape index (κ3) is 4.51. The number of phenols is 1. The van der Waals surface area contributed by atoms with E-state index in [9.17, 15) is 14.7 Å². The fourth-order valence-corrected chi connectivity index (χ4v) is 4.17. The molecule has 0 unspecified atom stereocenters. The zero-order valence-corrected chi connectivity index (χ0v) is 19.3. The van der Waals surface area contributed by atoms with Gasteiger partial charge in [-0.2, -0.15) is 0 Å². The summed E-state index contributed by atoms with van der Waals surface area (Å²) in [5.41, 5.74) is 1.31. The van der Waals surface area contributed by atoms with E-state index in [1.807, 2.05) is 4.90 Å². The lowest BCUT2D eigenvalue weighted by Crippen LogP contribution is -2.32. The Bertz CT molecular complexity index is 1120. The molecule has 0 aliphatic carbocycles. The third-order valence-corrected chi connectivity index (χ3v) is 5.96. The van der Waals surface area contributed by atoms with Crippen LogP contribution in [0.4, 0.5) is 0 Å². The number of rotatable bonds is 7. The number of fused-ring (bicyclic) bond motifs is 1. The van der Waals surface area contributed by atoms with E-state index in [2.05, 4.69) is 0 Å². The topological polar surface area (TPSA) is 104 Å². The molecule has 9 nitrogen and oxygen atoms in total. The smallest absolute Gasteiger partial charge is 0.306 e. The van der Waals surface area contributed by atoms with E-state index >= 15 is 0 Å². The van der Waals surface area contributed by atoms with E-state index in [0.29, 0.717) is 54.5 Å². The first-order valence-electron chi connectivity index (χ1n) is 10.9. The normalized spacial score (nSPS) is 17.2. The Kier molecular flexibility index (Phi) is 6.93. The first-order chi connectivity index (χ1) is 16.5. The Balaban J connectivity index is 1.79. The van der Waals surface area contributed by atoms with Gasteiger partial charge < -0.3 is 33.7 Å². The fraction of sp³-hybridized carbons (Fsp3) is 0.360. The Labute approximate surface area is 197 Å². The van der Waals surface area contributed by atoms with Gasteiger partial charge in [0.05, 0.1) is 46.5 Å². The largest absolute Gasteiger partial charge is 0.508 e. The van der Waals surface area contributed by atoms with Crippen LogP contribution in [0.1, 0.15) is 33.8 Å². The lowest BCUT2D eigenvalue weighted by molar-refractivity contribution is -0.140. The molecule has 0 radical (unpaired) electrons. The minimum atomic E-state index is -0.669. The highest BCUT2D eigenvalue weighted by atomic mass is 16.5. The molecule has 1 N–H and O–H groups in total. The highest BCUT2D eigenvalue weighted by Crippen LogP contribution is 2.47. The molecule has 2 aromatic carbocycles. The van der Waals surface area contributed by atoms with Crippen molar-refractivity contribution in [3.05, 3.63) is 59.0 Å². The van der Waals surface area contributed by atoms with Gasteiger partial charge in [0.25, 0.3) is 0 Å². The van der Waals surface area contributed by atoms with Crippen molar-refractivity contribution in [1.29, 1.82) is 0 Å². The number of benzene rings is 2. The van der Waals surface area contributed by atoms with Crippen molar-refractivity contribution in [3.63, 3.8) is 0 Å². The lowest BCUT2D eigenvalue weighted by atomic mass is 9.86. The van der Waals surface area contributed by atoms with Crippen molar-refractivity contribution < 1.29 is 38.4 Å². The van der Waals surface area contributed by atoms with Gasteiger partial charge in [-0.1, -0.05) is 6.07 Å². The van der Waals surface area contributed by atoms with Crippen molar-refractivity contribution in [2.24, 2.45) is 0 Å². The van der Waals surface area contributed by atoms with Crippen LogP contribution in [0.15, 0.2) is 42.3 Å². The van der Waals surface area contributed by atoms with Crippen LogP contribution in [0.25, 0.3) is 0 Å². The number of esters is 1. The SMILES string of the molecule is COC(=O)C[C@H](c1ccc(OC)c(OC)c1)c1c(O)ccc2c1O/C(=C\N1CCOCC1)C2=O. The van der Waals surface area contributed by atoms with E-state index in [1.165, 1.54) is 33.5 Å². The second-order valence-electron chi connectivity index (χ2n) is 7.90. The average Bonchev–Trinajstić information content (AvgIpc) is 3.17. The number of carbonyl (C=O) groups excluding carboxylic acids is 2. The Morgan fingerprint density at radius 1 is 1.12 bits per heavy atom. The third-order valence-electron chi connectivity index (χ3n) is 5.96. The maximum absolute atomic E-state index is 13.1. The molecule has 1 atom stereocenters. The number of carbonyl (C=O) groups is 2. The number of Topliss-reactive ketones (excluding diaryl/α,β-unsaturated/α-hetero) is 1. The van der Waals surface area contributed by atoms with Crippen LogP contribution in [-0.2, 0) is 14.3 Å². The maximum atomic E-state index is 13.1. The van der Waals surface area contributed by atoms with E-state index in [1.54, 1.807) is 24.4 Å². The number of ketones is 1. The van der Waals surface area contributed by atoms with Crippen LogP contribution in [0, 0.1) is 0 Å². The van der Waals surface area contributed by atoms with Crippen molar-refractivity contribution in [2.75, 3.05) is 47.6 Å². The summed E-state index contributed by atoms with van der Waals surface area (Å²) in [6.07, 6.45) is 1.59. The molecule has 180 valence electrons. The Morgan fingerprint density at radius 2 is 1.85 bits per heavy atom. The molecular formula is C25H27NO8. The molecule has 1 fully saturated rings. The minimum absolute atomic E-state index is 0.0872. The molecule has 0 aromatic heterocycles. The minimum Gasteiger partial charge on any atom is -0.508 e. The van der Waals surface area contributed by atoms with Crippen molar-refractivity contribution in [3.8, 4) is 23.0 Å². The molecular weight excluding hydrogens is 442 g/mol. The molecule has 34 heavy (non-hydrogen) atoms. The van der Waals surface area contributed by atoms with Crippen LogP contribution in [0.3, 0.4) is 0 Å². The van der Waals surface area contributed by atoms with Crippen molar-refractivity contribution >= 4 is 11.8 Å². The molecule has 2 aliphatic rings. The summed E-state index contributed by atoms with van der Waals surface area (Å²) in [5.74, 6) is -0.154. The number of nitrogens with zero attached hydrogens (tertiary/aromatic N) is 1. The van der Waals surface area contributed by atoms with E-state index < -0.39 is 11.9 Å². The van der Waals surface area contributed by atoms with Gasteiger partial charge in [0.2, 0.25) is 5.78 Å². The first-order valence-corrected chi connectivity index (χ1v) is 10.9. The second-order valence-corrected chi connectivity index (χ2v) is 7.90. The Hall–Kier alpha value is -3.72. The number of morpholine rings is 1. The van der Waals surface area contributed by atoms with Crippen molar-refractivity contribution in [2.45, 2.75) is 12.3 Å². The summed E-state index contributed by atoms with van der Waals surface area (Å²) in [7, 11) is 4.34. The summed E-state index contributed by atoms with van der Waals surface area (Å²) in [4.78, 5) is 27.4. The maximum Gasteiger partial charge on any atom is 0.306 e. The predicted octanol–water partition coefficient (Wildman–Crippen LogP) is 2.85. The van der Waals surface area contributed by atoms with Crippen LogP contribution < -0.4 is 14.2 Å². The summed E-state index contributed by atoms with van der Waals surface area (Å²) in [6.45, 7) is 2.42. The Morgan fingerprint density at radius 3 is 2.53 bits per heavy atom. The number of hydrogen-bond acceptors (Lipinski definition) is 9. The fourth-order valence-electron chi connectivity index (χ4n) is 4.17. The van der Waals surface area contributed by atoms with Gasteiger partial charge in [-0.3, -0.25) is 9.59 Å². The number of phenolic OH excluding ortho intramolecular Hbond substituents is 1. The number of methoxy groups -OCH3 is 3. The number of aromatic hydroxyl groups is 1. The first kappa shape index (κ1) is 23.4. The summed E-state index contributed by atoms with van der Waals surface area (Å²) >= 11 is 0. The standard InChI is InChI=1S/C25H27NO8/c1-30-19-7-4-15(12-20(19)31-2)17(13-22(28)32-3)23-18(27)6-5-16-24(29)21(34-25(16)23)14-26-8-10-33-11-9-26/h4-7,12,14,17,27H,8-11,13H2,1-3H3/b21-14-/t17-/m1/s1. The van der Waals surface area contributed by atoms with Gasteiger partial charge in [-0.05, 0) is 29.8 Å². The second kappa shape index (κ2) is 10.0. The molecule has 2 heterocycles. The van der Waals surface area contributed by atoms with E-state index in [0.717, 1.165) is 0 Å². The molecule has 4 rings (SSSR count). The average molecular weight is 469 g/mol. The van der Waals surface area contributed by atoms with E-state index in [-0.39, 0.29) is 29.5 Å². The zero-order chi connectivity index (χ0) is 24.2. The van der Waals surface area contributed by atoms with Crippen LogP contribution in [-0.4, -0.2) is 69.4 Å². The van der Waals surface area contributed by atoms with Crippen LogP contribution >= 0.6 is 0 Å². The molecule has 0 bridgehead atoms. The number of ether oxygens (including phenoxy) is 5. The monoisotopic (exact) mass is 469 g/mol. The highest BCUT2D eigenvalue weighted by molar-refractivity contribution is 6.12. The van der Waals surface area contributed by atoms with Crippen molar-refractivity contribution in [1.82, 2.24) is 4.90 Å². The van der Waals surface area contributed by atoms with Gasteiger partial charge in [0, 0.05) is 30.8 Å². The molecule has 9 heteroatoms. The molecule has 1 saturated heterocycles. The summed E-state index contributed by atoms with van der Waals surface area (Å²) < 4.78 is 27.0. The molecule has 0 saturated carbocycles. The predicted molar refractivity (Wildman–Crippen MR) is 122 cm³/mol. The number of hydrogen-bond donors (Lipinski definition) is 1. The van der Waals surface area contributed by atoms with Crippen LogP contribution in [0.5, 0.6) is 23.0 Å². The molecule has 2 aliphatic heterocycles. The molecule has 2 aromatic rings. The van der Waals surface area contributed by atoms with Gasteiger partial charge in [0.1, 0.15) is 11.5 Å². The van der Waals surface area contributed by atoms with Crippen LogP contribution in [0.2, 0.25) is 0 Å². The summed E-state index contributed by atoms with van der Waals surface area (Å²) in [5, 5.41) is 10.9. The molecule has 0 spiro atoms. The van der Waals surface area contributed by atoms with Gasteiger partial charge in [-0.25, -0.2) is 0 Å². The summed E-state index contributed by atoms with van der Waals surface area (Å²) in [6, 6.07) is 8.19. The highest BCUT2D eigenvalue weighted by Gasteiger charge is 2.36. The van der Waals surface area contributed by atoms with Gasteiger partial charge in [-0.15, -0.1) is 0 Å². The van der Waals surface area contributed by atoms with Gasteiger partial charge >= 0.3 is 5.97 Å². The lowest BCUT2D eigenvalue weighted by Gasteiger charge is -2.25. The van der Waals surface area contributed by atoms with E-state index in [4.69, 9.17) is 23.7 Å². The number of allylic oxidation sites excluding steroid dienone is 1.